The highest BCUT2D eigenvalue weighted by molar-refractivity contribution is 6.41. The van der Waals surface area contributed by atoms with Gasteiger partial charge >= 0.3 is 0 Å². The van der Waals surface area contributed by atoms with Crippen LogP contribution in [0.3, 0.4) is 0 Å². The van der Waals surface area contributed by atoms with Gasteiger partial charge in [0.2, 0.25) is 0 Å². The van der Waals surface area contributed by atoms with Gasteiger partial charge in [0, 0.05) is 45.6 Å². The van der Waals surface area contributed by atoms with Gasteiger partial charge in [-0.3, -0.25) is 29.0 Å². The molecule has 2 aliphatic rings. The van der Waals surface area contributed by atoms with E-state index >= 15 is 0 Å². The van der Waals surface area contributed by atoms with Gasteiger partial charge in [0.1, 0.15) is 0 Å². The van der Waals surface area contributed by atoms with Gasteiger partial charge in [-0.1, -0.05) is 84.1 Å². The molecular formula is C39H40N2O4. The van der Waals surface area contributed by atoms with Crippen molar-refractivity contribution in [2.45, 2.75) is 85.1 Å². The molecule has 2 heterocycles. The van der Waals surface area contributed by atoms with Crippen LogP contribution in [0.15, 0.2) is 48.5 Å². The maximum absolute atomic E-state index is 14.0. The predicted octanol–water partition coefficient (Wildman–Crippen LogP) is 9.11. The van der Waals surface area contributed by atoms with Crippen molar-refractivity contribution < 1.29 is 19.2 Å². The number of hydrogen-bond donors (Lipinski definition) is 0. The molecule has 0 saturated carbocycles. The molecule has 0 N–H and O–H groups in total. The summed E-state index contributed by atoms with van der Waals surface area (Å²) in [6.45, 7) is 8.87. The Morgan fingerprint density at radius 1 is 0.511 bits per heavy atom. The number of imide groups is 2. The fraction of sp³-hybridized carbons (Fsp3) is 0.385. The summed E-state index contributed by atoms with van der Waals surface area (Å²) >= 11 is 0. The Morgan fingerprint density at radius 3 is 1.33 bits per heavy atom. The zero-order valence-corrected chi connectivity index (χ0v) is 26.7. The summed E-state index contributed by atoms with van der Waals surface area (Å²) in [5, 5.41) is 6.86. The van der Waals surface area contributed by atoms with Crippen LogP contribution in [0.5, 0.6) is 0 Å². The van der Waals surface area contributed by atoms with Crippen LogP contribution in [0.4, 0.5) is 0 Å². The minimum absolute atomic E-state index is 0.133. The minimum Gasteiger partial charge on any atom is -0.274 e. The standard InChI is InChI=1S/C39H40N2O4/c1-5-9-11-22(7-3)21-40-36(42)28-17-13-24-26-15-19-30-35-31(39(45)41(38(30)44)23(8-4)12-10-6-2)20-16-27(33(26)35)25-14-18-29(37(40)43)34(28)32(24)25/h13-20,22-23H,5-12,21H2,1-4H3. The van der Waals surface area contributed by atoms with Gasteiger partial charge in [0.25, 0.3) is 23.6 Å². The third-order valence-corrected chi connectivity index (χ3v) is 10.5. The van der Waals surface area contributed by atoms with Crippen LogP contribution >= 0.6 is 0 Å². The van der Waals surface area contributed by atoms with Crippen molar-refractivity contribution in [3.05, 3.63) is 70.8 Å². The van der Waals surface area contributed by atoms with E-state index in [0.717, 1.165) is 83.7 Å². The van der Waals surface area contributed by atoms with E-state index in [0.29, 0.717) is 39.6 Å². The van der Waals surface area contributed by atoms with Crippen LogP contribution in [-0.2, 0) is 0 Å². The van der Waals surface area contributed by atoms with Crippen molar-refractivity contribution in [1.82, 2.24) is 9.80 Å². The van der Waals surface area contributed by atoms with Gasteiger partial charge in [-0.15, -0.1) is 0 Å². The van der Waals surface area contributed by atoms with Crippen LogP contribution < -0.4 is 0 Å². The molecule has 5 aromatic rings. The lowest BCUT2D eigenvalue weighted by Crippen LogP contribution is -2.46. The molecule has 45 heavy (non-hydrogen) atoms. The first-order valence-corrected chi connectivity index (χ1v) is 16.8. The van der Waals surface area contributed by atoms with E-state index < -0.39 is 0 Å². The number of hydrogen-bond acceptors (Lipinski definition) is 4. The van der Waals surface area contributed by atoms with Crippen molar-refractivity contribution in [1.29, 1.82) is 0 Å². The van der Waals surface area contributed by atoms with Crippen molar-refractivity contribution >= 4 is 66.7 Å². The molecule has 0 aliphatic carbocycles. The Kier molecular flexibility index (Phi) is 7.34. The average Bonchev–Trinajstić information content (AvgIpc) is 3.06. The molecule has 2 atom stereocenters. The summed E-state index contributed by atoms with van der Waals surface area (Å²) in [7, 11) is 0. The second kappa shape index (κ2) is 11.2. The normalized spacial score (nSPS) is 16.3. The molecule has 4 amide bonds. The summed E-state index contributed by atoms with van der Waals surface area (Å²) in [5.74, 6) is -0.634. The molecule has 0 saturated heterocycles. The maximum Gasteiger partial charge on any atom is 0.261 e. The second-order valence-electron chi connectivity index (χ2n) is 13.0. The highest BCUT2D eigenvalue weighted by Crippen LogP contribution is 2.46. The number of carbonyl (C=O) groups is 4. The Hall–Kier alpha value is -4.32. The molecule has 0 spiro atoms. The average molecular weight is 601 g/mol. The summed E-state index contributed by atoms with van der Waals surface area (Å²) < 4.78 is 0. The van der Waals surface area contributed by atoms with Crippen LogP contribution in [0.1, 0.15) is 120 Å². The molecule has 2 unspecified atom stereocenters. The molecule has 0 bridgehead atoms. The first-order chi connectivity index (χ1) is 21.9. The Labute approximate surface area is 263 Å². The lowest BCUT2D eigenvalue weighted by atomic mass is 9.82. The van der Waals surface area contributed by atoms with Crippen molar-refractivity contribution in [3.8, 4) is 0 Å². The largest absolute Gasteiger partial charge is 0.274 e. The lowest BCUT2D eigenvalue weighted by molar-refractivity contribution is 0.0520. The molecular weight excluding hydrogens is 560 g/mol. The van der Waals surface area contributed by atoms with E-state index in [-0.39, 0.29) is 35.6 Å². The van der Waals surface area contributed by atoms with E-state index in [2.05, 4.69) is 20.8 Å². The number of unbranched alkanes of at least 4 members (excludes halogenated alkanes) is 2. The highest BCUT2D eigenvalue weighted by atomic mass is 16.2. The van der Waals surface area contributed by atoms with Crippen LogP contribution in [-0.4, -0.2) is 46.0 Å². The summed E-state index contributed by atoms with van der Waals surface area (Å²) in [6, 6.07) is 15.2. The SMILES string of the molecule is CCCCC(CC)CN1C(=O)c2ccc3c4ccc5c6c(ccc(c7ccc(c2c37)C1=O)c64)C(=O)N(C(CC)CCCC)C5=O. The monoisotopic (exact) mass is 600 g/mol. The molecule has 0 fully saturated rings. The topological polar surface area (TPSA) is 74.8 Å². The van der Waals surface area contributed by atoms with E-state index in [4.69, 9.17) is 0 Å². The number of rotatable bonds is 11. The number of carbonyl (C=O) groups excluding carboxylic acids is 4. The summed E-state index contributed by atoms with van der Waals surface area (Å²) in [4.78, 5) is 58.7. The van der Waals surface area contributed by atoms with Crippen LogP contribution in [0.2, 0.25) is 0 Å². The molecule has 6 nitrogen and oxygen atoms in total. The maximum atomic E-state index is 14.0. The third kappa shape index (κ3) is 4.21. The van der Waals surface area contributed by atoms with Gasteiger partial charge in [-0.25, -0.2) is 0 Å². The minimum atomic E-state index is -0.230. The van der Waals surface area contributed by atoms with Crippen molar-refractivity contribution in [3.63, 3.8) is 0 Å². The number of benzene rings is 5. The third-order valence-electron chi connectivity index (χ3n) is 10.5. The first-order valence-electron chi connectivity index (χ1n) is 16.8. The number of fused-ring (bicyclic) bond motifs is 2. The van der Waals surface area contributed by atoms with Crippen LogP contribution in [0, 0.1) is 5.92 Å². The Bertz CT molecular complexity index is 1920. The summed E-state index contributed by atoms with van der Waals surface area (Å²) in [5.41, 5.74) is 2.24. The summed E-state index contributed by atoms with van der Waals surface area (Å²) in [6.07, 6.45) is 7.56. The first kappa shape index (κ1) is 29.4. The zero-order chi connectivity index (χ0) is 31.6. The van der Waals surface area contributed by atoms with E-state index in [1.54, 1.807) is 0 Å². The van der Waals surface area contributed by atoms with Crippen molar-refractivity contribution in [2.75, 3.05) is 6.54 Å². The predicted molar refractivity (Wildman–Crippen MR) is 180 cm³/mol. The number of nitrogens with zero attached hydrogens (tertiary/aromatic N) is 2. The zero-order valence-electron chi connectivity index (χ0n) is 26.7. The Balaban J connectivity index is 1.42. The molecule has 230 valence electrons. The van der Waals surface area contributed by atoms with Gasteiger partial charge < -0.3 is 0 Å². The number of amides is 4. The molecule has 5 aromatic carbocycles. The van der Waals surface area contributed by atoms with Crippen molar-refractivity contribution in [2.24, 2.45) is 5.92 Å². The lowest BCUT2D eigenvalue weighted by Gasteiger charge is -2.34. The molecule has 2 aliphatic heterocycles. The van der Waals surface area contributed by atoms with E-state index in [1.165, 1.54) is 9.80 Å². The fourth-order valence-corrected chi connectivity index (χ4v) is 7.97. The molecule has 0 aromatic heterocycles. The molecule has 0 radical (unpaired) electrons. The fourth-order valence-electron chi connectivity index (χ4n) is 7.97. The second-order valence-corrected chi connectivity index (χ2v) is 13.0. The van der Waals surface area contributed by atoms with E-state index in [9.17, 15) is 19.2 Å². The highest BCUT2D eigenvalue weighted by Gasteiger charge is 2.39. The van der Waals surface area contributed by atoms with E-state index in [1.807, 2.05) is 55.5 Å². The van der Waals surface area contributed by atoms with Gasteiger partial charge in [0.15, 0.2) is 0 Å². The van der Waals surface area contributed by atoms with Crippen LogP contribution in [0.25, 0.3) is 43.1 Å². The molecule has 7 rings (SSSR count). The smallest absolute Gasteiger partial charge is 0.261 e. The molecule has 6 heteroatoms. The van der Waals surface area contributed by atoms with Gasteiger partial charge in [-0.05, 0) is 81.8 Å². The van der Waals surface area contributed by atoms with Gasteiger partial charge in [-0.2, -0.15) is 0 Å². The van der Waals surface area contributed by atoms with Gasteiger partial charge in [0.05, 0.1) is 0 Å². The quantitative estimate of drug-likeness (QED) is 0.0861. The Morgan fingerprint density at radius 2 is 0.933 bits per heavy atom.